The van der Waals surface area contributed by atoms with Crippen LogP contribution in [0.2, 0.25) is 0 Å². The van der Waals surface area contributed by atoms with Crippen LogP contribution in [0, 0.1) is 0 Å². The van der Waals surface area contributed by atoms with Crippen LogP contribution < -0.4 is 5.73 Å². The molecule has 100 valence electrons. The first-order chi connectivity index (χ1) is 9.20. The highest BCUT2D eigenvalue weighted by molar-refractivity contribution is 9.10. The second-order valence-electron chi connectivity index (χ2n) is 4.71. The minimum absolute atomic E-state index is 0.454. The van der Waals surface area contributed by atoms with E-state index in [-0.39, 0.29) is 0 Å². The van der Waals surface area contributed by atoms with E-state index in [2.05, 4.69) is 39.2 Å². The van der Waals surface area contributed by atoms with Crippen LogP contribution in [0.1, 0.15) is 17.7 Å². The van der Waals surface area contributed by atoms with Crippen LogP contribution >= 0.6 is 27.7 Å². The monoisotopic (exact) mass is 337 g/mol. The first kappa shape index (κ1) is 13.2. The second kappa shape index (κ2) is 5.31. The summed E-state index contributed by atoms with van der Waals surface area (Å²) in [4.78, 5) is 1.42. The van der Waals surface area contributed by atoms with Gasteiger partial charge in [-0.25, -0.2) is 0 Å². The minimum atomic E-state index is 0.454. The predicted molar refractivity (Wildman–Crippen MR) is 83.3 cm³/mol. The largest absolute Gasteiger partial charge is 0.325 e. The highest BCUT2D eigenvalue weighted by Crippen LogP contribution is 2.36. The van der Waals surface area contributed by atoms with Gasteiger partial charge in [0, 0.05) is 24.1 Å². The van der Waals surface area contributed by atoms with Gasteiger partial charge in [-0.15, -0.1) is 11.8 Å². The van der Waals surface area contributed by atoms with E-state index in [0.717, 1.165) is 15.9 Å². The maximum Gasteiger partial charge on any atom is 0.0908 e. The predicted octanol–water partition coefficient (Wildman–Crippen LogP) is 3.35. The van der Waals surface area contributed by atoms with Crippen molar-refractivity contribution in [2.75, 3.05) is 5.75 Å². The van der Waals surface area contributed by atoms with Crippen LogP contribution in [-0.4, -0.2) is 15.5 Å². The summed E-state index contributed by atoms with van der Waals surface area (Å²) in [5.41, 5.74) is 10.4. The first-order valence-corrected chi connectivity index (χ1v) is 8.16. The van der Waals surface area contributed by atoms with E-state index in [9.17, 15) is 0 Å². The summed E-state index contributed by atoms with van der Waals surface area (Å²) in [7, 11) is 1.97. The number of nitrogens with zero attached hydrogens (tertiary/aromatic N) is 2. The molecule has 2 heterocycles. The maximum atomic E-state index is 5.71. The molecule has 1 aliphatic rings. The molecular weight excluding hydrogens is 322 g/mol. The zero-order valence-corrected chi connectivity index (χ0v) is 13.2. The summed E-state index contributed by atoms with van der Waals surface area (Å²) in [6.45, 7) is 0.454. The number of aryl methyl sites for hydroxylation is 2. The Labute approximate surface area is 125 Å². The first-order valence-electron chi connectivity index (χ1n) is 6.38. The van der Waals surface area contributed by atoms with Gasteiger partial charge in [-0.3, -0.25) is 4.68 Å². The Morgan fingerprint density at radius 2 is 2.32 bits per heavy atom. The van der Waals surface area contributed by atoms with Gasteiger partial charge in [-0.1, -0.05) is 6.07 Å². The molecule has 2 N–H and O–H groups in total. The molecule has 0 amide bonds. The molecule has 19 heavy (non-hydrogen) atoms. The Morgan fingerprint density at radius 3 is 3.05 bits per heavy atom. The molecule has 0 atom stereocenters. The normalized spacial score (nSPS) is 14.5. The van der Waals surface area contributed by atoms with Crippen molar-refractivity contribution in [1.82, 2.24) is 9.78 Å². The van der Waals surface area contributed by atoms with Gasteiger partial charge in [0.2, 0.25) is 0 Å². The molecule has 0 saturated carbocycles. The van der Waals surface area contributed by atoms with Crippen molar-refractivity contribution in [3.8, 4) is 11.3 Å². The molecule has 1 aromatic heterocycles. The van der Waals surface area contributed by atoms with Crippen molar-refractivity contribution in [3.05, 3.63) is 33.9 Å². The topological polar surface area (TPSA) is 43.8 Å². The Balaban J connectivity index is 2.09. The molecule has 0 spiro atoms. The lowest BCUT2D eigenvalue weighted by Gasteiger charge is -2.16. The van der Waals surface area contributed by atoms with Crippen molar-refractivity contribution in [2.45, 2.75) is 24.3 Å². The maximum absolute atomic E-state index is 5.71. The average molecular weight is 338 g/mol. The fraction of sp³-hybridized carbons (Fsp3) is 0.357. The molecule has 1 aromatic carbocycles. The third-order valence-corrected chi connectivity index (χ3v) is 5.47. The Kier molecular flexibility index (Phi) is 3.69. The van der Waals surface area contributed by atoms with Gasteiger partial charge in [0.05, 0.1) is 15.9 Å². The zero-order chi connectivity index (χ0) is 13.4. The number of thioether (sulfide) groups is 1. The summed E-state index contributed by atoms with van der Waals surface area (Å²) in [5.74, 6) is 1.24. The van der Waals surface area contributed by atoms with E-state index in [4.69, 9.17) is 5.73 Å². The molecule has 3 nitrogen and oxygen atoms in total. The lowest BCUT2D eigenvalue weighted by atomic mass is 10.0. The quantitative estimate of drug-likeness (QED) is 0.913. The Hall–Kier alpha value is -0.780. The summed E-state index contributed by atoms with van der Waals surface area (Å²) in [5, 5.41) is 4.46. The number of hydrogen-bond acceptors (Lipinski definition) is 3. The van der Waals surface area contributed by atoms with Crippen molar-refractivity contribution in [1.29, 1.82) is 0 Å². The number of hydrogen-bond donors (Lipinski definition) is 1. The fourth-order valence-corrected chi connectivity index (χ4v) is 4.25. The van der Waals surface area contributed by atoms with Gasteiger partial charge in [0.15, 0.2) is 0 Å². The van der Waals surface area contributed by atoms with Crippen LogP contribution in [0.5, 0.6) is 0 Å². The molecule has 0 radical (unpaired) electrons. The molecule has 0 fully saturated rings. The third kappa shape index (κ3) is 2.35. The van der Waals surface area contributed by atoms with Gasteiger partial charge in [-0.05, 0) is 52.2 Å². The van der Waals surface area contributed by atoms with Gasteiger partial charge >= 0.3 is 0 Å². The van der Waals surface area contributed by atoms with E-state index in [1.54, 1.807) is 0 Å². The molecular formula is C14H16BrN3S. The van der Waals surface area contributed by atoms with Gasteiger partial charge < -0.3 is 5.73 Å². The molecule has 5 heteroatoms. The van der Waals surface area contributed by atoms with Crippen molar-refractivity contribution < 1.29 is 0 Å². The van der Waals surface area contributed by atoms with E-state index in [1.165, 1.54) is 34.6 Å². The van der Waals surface area contributed by atoms with Crippen LogP contribution in [0.15, 0.2) is 27.6 Å². The molecule has 0 aliphatic carbocycles. The number of nitrogens with two attached hydrogens (primary N) is 1. The van der Waals surface area contributed by atoms with Crippen molar-refractivity contribution >= 4 is 27.7 Å². The van der Waals surface area contributed by atoms with Crippen LogP contribution in [-0.2, 0) is 20.0 Å². The smallest absolute Gasteiger partial charge is 0.0908 e. The highest BCUT2D eigenvalue weighted by atomic mass is 79.9. The van der Waals surface area contributed by atoms with Crippen molar-refractivity contribution in [3.63, 3.8) is 0 Å². The molecule has 1 aliphatic heterocycles. The molecule has 0 bridgehead atoms. The van der Waals surface area contributed by atoms with Gasteiger partial charge in [-0.2, -0.15) is 5.10 Å². The molecule has 0 unspecified atom stereocenters. The van der Waals surface area contributed by atoms with Gasteiger partial charge in [0.1, 0.15) is 0 Å². The Morgan fingerprint density at radius 1 is 1.47 bits per heavy atom. The zero-order valence-electron chi connectivity index (χ0n) is 10.8. The highest BCUT2D eigenvalue weighted by Gasteiger charge is 2.17. The fourth-order valence-electron chi connectivity index (χ4n) is 2.51. The summed E-state index contributed by atoms with van der Waals surface area (Å²) in [6, 6.07) is 6.71. The number of rotatable bonds is 2. The number of aromatic nitrogens is 2. The van der Waals surface area contributed by atoms with E-state index >= 15 is 0 Å². The number of benzene rings is 1. The number of fused-ring (bicyclic) bond motifs is 1. The van der Waals surface area contributed by atoms with Gasteiger partial charge in [0.25, 0.3) is 0 Å². The summed E-state index contributed by atoms with van der Waals surface area (Å²) in [6.07, 6.45) is 2.44. The molecule has 0 saturated heterocycles. The lowest BCUT2D eigenvalue weighted by molar-refractivity contribution is 0.749. The Bertz CT molecular complexity index is 621. The molecule has 3 rings (SSSR count). The van der Waals surface area contributed by atoms with Crippen LogP contribution in [0.4, 0.5) is 0 Å². The SMILES string of the molecule is Cn1nc(CN)c(Br)c1-c1ccc2c(c1)CCCS2. The average Bonchev–Trinajstić information content (AvgIpc) is 2.73. The lowest BCUT2D eigenvalue weighted by Crippen LogP contribution is -2.00. The van der Waals surface area contributed by atoms with Crippen LogP contribution in [0.25, 0.3) is 11.3 Å². The standard InChI is InChI=1S/C14H16BrN3S/c1-18-14(13(15)11(8-16)17-18)10-4-5-12-9(7-10)3-2-6-19-12/h4-5,7H,2-3,6,8,16H2,1H3. The van der Waals surface area contributed by atoms with E-state index < -0.39 is 0 Å². The third-order valence-electron chi connectivity index (χ3n) is 3.43. The van der Waals surface area contributed by atoms with Crippen LogP contribution in [0.3, 0.4) is 0 Å². The summed E-state index contributed by atoms with van der Waals surface area (Å²) < 4.78 is 2.92. The number of halogens is 1. The summed E-state index contributed by atoms with van der Waals surface area (Å²) >= 11 is 5.58. The van der Waals surface area contributed by atoms with Crippen molar-refractivity contribution in [2.24, 2.45) is 12.8 Å². The minimum Gasteiger partial charge on any atom is -0.325 e. The van der Waals surface area contributed by atoms with E-state index in [0.29, 0.717) is 6.54 Å². The second-order valence-corrected chi connectivity index (χ2v) is 6.64. The molecule has 2 aromatic rings. The van der Waals surface area contributed by atoms with E-state index in [1.807, 2.05) is 23.5 Å².